The fraction of sp³-hybridized carbons (Fsp3) is 0.0714. The van der Waals surface area contributed by atoms with Crippen molar-refractivity contribution in [3.8, 4) is 34.1 Å². The van der Waals surface area contributed by atoms with Crippen LogP contribution in [0, 0.1) is 12.7 Å². The smallest absolute Gasteiger partial charge is 0.291 e. The lowest BCUT2D eigenvalue weighted by Crippen LogP contribution is -2.23. The Bertz CT molecular complexity index is 1860. The zero-order valence-electron chi connectivity index (χ0n) is 19.9. The average Bonchev–Trinajstić information content (AvgIpc) is 3.60. The van der Waals surface area contributed by atoms with Crippen molar-refractivity contribution in [2.24, 2.45) is 0 Å². The Balaban J connectivity index is 1.48. The van der Waals surface area contributed by atoms with E-state index in [9.17, 15) is 9.18 Å². The van der Waals surface area contributed by atoms with Gasteiger partial charge in [-0.3, -0.25) is 4.79 Å². The summed E-state index contributed by atoms with van der Waals surface area (Å²) in [6.07, 6.45) is 3.57. The molecule has 0 aliphatic carbocycles. The third-order valence-electron chi connectivity index (χ3n) is 5.97. The van der Waals surface area contributed by atoms with Gasteiger partial charge in [0.25, 0.3) is 5.56 Å². The van der Waals surface area contributed by atoms with Crippen molar-refractivity contribution in [2.75, 3.05) is 7.11 Å². The minimum absolute atomic E-state index is 0.147. The van der Waals surface area contributed by atoms with Crippen LogP contribution in [0.25, 0.3) is 39.4 Å². The number of nitrogens with zero attached hydrogens (tertiary/aromatic N) is 5. The van der Waals surface area contributed by atoms with Crippen molar-refractivity contribution < 1.29 is 9.13 Å². The number of fused-ring (bicyclic) bond motifs is 1. The van der Waals surface area contributed by atoms with Gasteiger partial charge in [-0.05, 0) is 43.3 Å². The van der Waals surface area contributed by atoms with Crippen molar-refractivity contribution in [3.63, 3.8) is 0 Å². The first-order valence-electron chi connectivity index (χ1n) is 11.5. The van der Waals surface area contributed by atoms with Gasteiger partial charge in [-0.25, -0.2) is 9.07 Å². The fourth-order valence-corrected chi connectivity index (χ4v) is 4.94. The molecule has 7 nitrogen and oxygen atoms in total. The first-order chi connectivity index (χ1) is 18.0. The van der Waals surface area contributed by atoms with Gasteiger partial charge < -0.3 is 4.74 Å². The van der Waals surface area contributed by atoms with Crippen LogP contribution < -0.4 is 14.8 Å². The highest BCUT2D eigenvalue weighted by molar-refractivity contribution is 7.15. The summed E-state index contributed by atoms with van der Waals surface area (Å²) in [6, 6.07) is 22.1. The number of ether oxygens (including phenoxy) is 1. The summed E-state index contributed by atoms with van der Waals surface area (Å²) in [5, 5.41) is 9.16. The van der Waals surface area contributed by atoms with Gasteiger partial charge in [0.1, 0.15) is 5.69 Å². The fourth-order valence-electron chi connectivity index (χ4n) is 4.04. The molecular formula is C28H20FN5O2S. The van der Waals surface area contributed by atoms with E-state index >= 15 is 0 Å². The largest absolute Gasteiger partial charge is 0.494 e. The molecular weight excluding hydrogens is 489 g/mol. The number of rotatable bonds is 5. The lowest BCUT2D eigenvalue weighted by molar-refractivity contribution is 0.386. The molecule has 3 aromatic carbocycles. The van der Waals surface area contributed by atoms with Crippen LogP contribution in [0.1, 0.15) is 11.1 Å². The van der Waals surface area contributed by atoms with E-state index in [0.29, 0.717) is 32.1 Å². The molecule has 0 aliphatic rings. The second-order valence-corrected chi connectivity index (χ2v) is 9.48. The van der Waals surface area contributed by atoms with Crippen LogP contribution in [0.4, 0.5) is 4.39 Å². The highest BCUT2D eigenvalue weighted by atomic mass is 32.1. The summed E-state index contributed by atoms with van der Waals surface area (Å²) in [6.45, 7) is 2.01. The number of aromatic nitrogens is 5. The maximum atomic E-state index is 14.5. The number of hydrogen-bond donors (Lipinski definition) is 0. The Morgan fingerprint density at radius 3 is 2.43 bits per heavy atom. The number of halogens is 1. The summed E-state index contributed by atoms with van der Waals surface area (Å²) in [5.41, 5.74) is 4.30. The molecule has 0 aliphatic heterocycles. The maximum Gasteiger partial charge on any atom is 0.291 e. The van der Waals surface area contributed by atoms with Crippen LogP contribution >= 0.6 is 11.3 Å². The van der Waals surface area contributed by atoms with Crippen molar-refractivity contribution in [1.82, 2.24) is 24.4 Å². The molecule has 6 aromatic rings. The molecule has 6 rings (SSSR count). The first-order valence-corrected chi connectivity index (χ1v) is 12.3. The highest BCUT2D eigenvalue weighted by Crippen LogP contribution is 2.28. The molecule has 0 N–H and O–H groups in total. The Kier molecular flexibility index (Phi) is 5.61. The van der Waals surface area contributed by atoms with Gasteiger partial charge in [-0.15, -0.1) is 5.10 Å². The van der Waals surface area contributed by atoms with Crippen LogP contribution in [-0.2, 0) is 0 Å². The molecule has 0 unspecified atom stereocenters. The van der Waals surface area contributed by atoms with Crippen LogP contribution in [0.3, 0.4) is 0 Å². The molecule has 0 bridgehead atoms. The summed E-state index contributed by atoms with van der Waals surface area (Å²) in [4.78, 5) is 18.3. The molecule has 0 fully saturated rings. The lowest BCUT2D eigenvalue weighted by atomic mass is 10.1. The molecule has 3 heterocycles. The number of methoxy groups -OCH3 is 1. The Morgan fingerprint density at radius 1 is 0.973 bits per heavy atom. The maximum absolute atomic E-state index is 14.5. The average molecular weight is 510 g/mol. The quantitative estimate of drug-likeness (QED) is 0.338. The molecule has 0 radical (unpaired) electrons. The standard InChI is InChI=1S/C28H20FN5O2S/c1-17-8-10-18(11-9-17)26-30-28-34(32-26)27(35)24(37-28)15-20-16-33(21-6-4-3-5-7-21)31-25(20)19-12-13-23(36-2)22(29)14-19/h3-16H,1-2H3. The van der Waals surface area contributed by atoms with Gasteiger partial charge in [0.2, 0.25) is 4.96 Å². The number of aryl methyl sites for hydroxylation is 1. The zero-order chi connectivity index (χ0) is 25.5. The third-order valence-corrected chi connectivity index (χ3v) is 6.93. The predicted octanol–water partition coefficient (Wildman–Crippen LogP) is 4.67. The Morgan fingerprint density at radius 2 is 1.73 bits per heavy atom. The molecule has 0 amide bonds. The van der Waals surface area contributed by atoms with E-state index in [2.05, 4.69) is 10.1 Å². The van der Waals surface area contributed by atoms with Gasteiger partial charge in [0.05, 0.1) is 17.3 Å². The second-order valence-electron chi connectivity index (χ2n) is 8.47. The lowest BCUT2D eigenvalue weighted by Gasteiger charge is -2.04. The highest BCUT2D eigenvalue weighted by Gasteiger charge is 2.16. The molecule has 182 valence electrons. The SMILES string of the molecule is COc1ccc(-c2nn(-c3ccccc3)cc2C=c2sc3nc(-c4ccc(C)cc4)nn3c2=O)cc1F. The van der Waals surface area contributed by atoms with Crippen LogP contribution in [-0.4, -0.2) is 31.5 Å². The molecule has 0 saturated carbocycles. The molecule has 37 heavy (non-hydrogen) atoms. The number of thiazole rings is 1. The van der Waals surface area contributed by atoms with Crippen molar-refractivity contribution in [3.05, 3.63) is 111 Å². The Labute approximate surface area is 214 Å². The van der Waals surface area contributed by atoms with Gasteiger partial charge in [0.15, 0.2) is 17.4 Å². The zero-order valence-corrected chi connectivity index (χ0v) is 20.7. The first kappa shape index (κ1) is 22.8. The number of para-hydroxylation sites is 1. The van der Waals surface area contributed by atoms with Crippen molar-refractivity contribution in [1.29, 1.82) is 0 Å². The molecule has 3 aromatic heterocycles. The second kappa shape index (κ2) is 9.11. The topological polar surface area (TPSA) is 74.3 Å². The van der Waals surface area contributed by atoms with E-state index in [0.717, 1.165) is 16.8 Å². The summed E-state index contributed by atoms with van der Waals surface area (Å²) in [5.74, 6) is 0.155. The molecule has 9 heteroatoms. The van der Waals surface area contributed by atoms with Gasteiger partial charge in [0, 0.05) is 22.9 Å². The third kappa shape index (κ3) is 4.19. The molecule has 0 spiro atoms. The van der Waals surface area contributed by atoms with Crippen molar-refractivity contribution >= 4 is 22.4 Å². The Hall–Kier alpha value is -4.63. The van der Waals surface area contributed by atoms with Gasteiger partial charge in [-0.1, -0.05) is 59.4 Å². The van der Waals surface area contributed by atoms with Crippen LogP contribution in [0.15, 0.2) is 83.8 Å². The summed E-state index contributed by atoms with van der Waals surface area (Å²) < 4.78 is 23.1. The van der Waals surface area contributed by atoms with E-state index in [-0.39, 0.29) is 11.3 Å². The van der Waals surface area contributed by atoms with Gasteiger partial charge >= 0.3 is 0 Å². The predicted molar refractivity (Wildman–Crippen MR) is 142 cm³/mol. The van der Waals surface area contributed by atoms with E-state index < -0.39 is 5.82 Å². The van der Waals surface area contributed by atoms with Gasteiger partial charge in [-0.2, -0.15) is 14.6 Å². The number of hydrogen-bond acceptors (Lipinski definition) is 6. The van der Waals surface area contributed by atoms with Crippen LogP contribution in [0.2, 0.25) is 0 Å². The van der Waals surface area contributed by atoms with Crippen molar-refractivity contribution in [2.45, 2.75) is 6.92 Å². The normalized spacial score (nSPS) is 11.9. The van der Waals surface area contributed by atoms with E-state index in [1.165, 1.54) is 29.0 Å². The summed E-state index contributed by atoms with van der Waals surface area (Å²) in [7, 11) is 1.42. The van der Waals surface area contributed by atoms with E-state index in [1.54, 1.807) is 22.9 Å². The van der Waals surface area contributed by atoms with E-state index in [4.69, 9.17) is 9.84 Å². The minimum Gasteiger partial charge on any atom is -0.494 e. The molecule has 0 saturated heterocycles. The summed E-state index contributed by atoms with van der Waals surface area (Å²) >= 11 is 1.25. The molecule has 0 atom stereocenters. The minimum atomic E-state index is -0.493. The monoisotopic (exact) mass is 509 g/mol. The number of benzene rings is 3. The van der Waals surface area contributed by atoms with Crippen LogP contribution in [0.5, 0.6) is 5.75 Å². The van der Waals surface area contributed by atoms with E-state index in [1.807, 2.05) is 67.7 Å².